The van der Waals surface area contributed by atoms with Gasteiger partial charge < -0.3 is 20.1 Å². The number of rotatable bonds is 50. The van der Waals surface area contributed by atoms with Crippen LogP contribution in [0.15, 0.2) is 36.5 Å². The topological polar surface area (TPSA) is 134 Å². The molecule has 2 atom stereocenters. The number of esters is 2. The lowest BCUT2D eigenvalue weighted by atomic mass is 10.0. The van der Waals surface area contributed by atoms with E-state index in [0.29, 0.717) is 6.42 Å². The molecule has 9 nitrogen and oxygen atoms in total. The highest BCUT2D eigenvalue weighted by Gasteiger charge is 2.26. The number of phosphoric ester groups is 1. The summed E-state index contributed by atoms with van der Waals surface area (Å²) in [6.45, 7) is 3.73. The van der Waals surface area contributed by atoms with Crippen molar-refractivity contribution < 1.29 is 37.6 Å². The lowest BCUT2D eigenvalue weighted by molar-refractivity contribution is -0.161. The van der Waals surface area contributed by atoms with E-state index in [-0.39, 0.29) is 32.6 Å². The van der Waals surface area contributed by atoms with Gasteiger partial charge in [0.1, 0.15) is 6.61 Å². The average molecular weight is 910 g/mol. The predicted molar refractivity (Wildman–Crippen MR) is 266 cm³/mol. The fourth-order valence-electron chi connectivity index (χ4n) is 7.53. The number of phosphoric acid groups is 1. The van der Waals surface area contributed by atoms with E-state index in [0.717, 1.165) is 44.9 Å². The van der Waals surface area contributed by atoms with Gasteiger partial charge in [-0.15, -0.1) is 0 Å². The van der Waals surface area contributed by atoms with Crippen molar-refractivity contribution in [1.29, 1.82) is 0 Å². The van der Waals surface area contributed by atoms with Crippen molar-refractivity contribution in [1.82, 2.24) is 0 Å². The summed E-state index contributed by atoms with van der Waals surface area (Å²) in [4.78, 5) is 35.0. The minimum absolute atomic E-state index is 0.0477. The standard InChI is InChI=1S/C53H100NO8P/c1-3-5-7-9-11-13-15-17-19-21-23-24-25-26-28-30-32-34-36-38-40-42-44-46-53(56)62-51(50-61-63(57,58)60-48-47-54)49-59-52(55)45-43-41-39-37-35-33-31-29-27-22-20-18-16-14-12-10-8-6-4-2/h18,20,30,32,38,40,51H,3-17,19,21-29,31,33-37,39,41-50,54H2,1-2H3,(H,57,58)/b20-18+,32-30+,40-38+/t51-/m1/s1. The summed E-state index contributed by atoms with van der Waals surface area (Å²) in [6.07, 6.45) is 57.7. The minimum atomic E-state index is -4.39. The molecule has 0 aromatic carbocycles. The Hall–Kier alpha value is -1.77. The zero-order valence-corrected chi connectivity index (χ0v) is 42.0. The number of hydrogen-bond donors (Lipinski definition) is 2. The third kappa shape index (κ3) is 49.5. The molecular formula is C53H100NO8P. The van der Waals surface area contributed by atoms with Gasteiger partial charge in [-0.3, -0.25) is 18.6 Å². The van der Waals surface area contributed by atoms with Gasteiger partial charge in [-0.2, -0.15) is 0 Å². The molecule has 63 heavy (non-hydrogen) atoms. The molecule has 0 fully saturated rings. The fraction of sp³-hybridized carbons (Fsp3) is 0.849. The second-order valence-electron chi connectivity index (χ2n) is 17.7. The number of allylic oxidation sites excluding steroid dienone is 6. The monoisotopic (exact) mass is 910 g/mol. The van der Waals surface area contributed by atoms with E-state index in [9.17, 15) is 19.0 Å². The first-order valence-electron chi connectivity index (χ1n) is 26.5. The van der Waals surface area contributed by atoms with E-state index in [1.165, 1.54) is 180 Å². The van der Waals surface area contributed by atoms with Crippen molar-refractivity contribution in [2.24, 2.45) is 5.73 Å². The predicted octanol–water partition coefficient (Wildman–Crippen LogP) is 16.1. The van der Waals surface area contributed by atoms with Crippen molar-refractivity contribution in [2.45, 2.75) is 264 Å². The van der Waals surface area contributed by atoms with Gasteiger partial charge in [0.25, 0.3) is 0 Å². The highest BCUT2D eigenvalue weighted by molar-refractivity contribution is 7.47. The van der Waals surface area contributed by atoms with Crippen LogP contribution < -0.4 is 5.73 Å². The third-order valence-corrected chi connectivity index (χ3v) is 12.5. The molecule has 0 bridgehead atoms. The number of ether oxygens (including phenoxy) is 2. The van der Waals surface area contributed by atoms with Crippen LogP contribution in [0.2, 0.25) is 0 Å². The molecule has 0 aliphatic carbocycles. The van der Waals surface area contributed by atoms with E-state index in [1.807, 2.05) is 0 Å². The summed E-state index contributed by atoms with van der Waals surface area (Å²) in [5, 5.41) is 0. The van der Waals surface area contributed by atoms with Crippen LogP contribution in [0.3, 0.4) is 0 Å². The summed E-state index contributed by atoms with van der Waals surface area (Å²) < 4.78 is 32.9. The maximum Gasteiger partial charge on any atom is 0.472 e. The van der Waals surface area contributed by atoms with Gasteiger partial charge in [0.05, 0.1) is 13.2 Å². The summed E-state index contributed by atoms with van der Waals surface area (Å²) in [5.41, 5.74) is 5.37. The highest BCUT2D eigenvalue weighted by Crippen LogP contribution is 2.43. The largest absolute Gasteiger partial charge is 0.472 e. The molecule has 0 amide bonds. The third-order valence-electron chi connectivity index (χ3n) is 11.5. The smallest absolute Gasteiger partial charge is 0.462 e. The molecule has 0 saturated carbocycles. The van der Waals surface area contributed by atoms with Crippen molar-refractivity contribution in [2.75, 3.05) is 26.4 Å². The molecule has 0 spiro atoms. The van der Waals surface area contributed by atoms with Crippen molar-refractivity contribution >= 4 is 19.8 Å². The van der Waals surface area contributed by atoms with Crippen LogP contribution in [0, 0.1) is 0 Å². The van der Waals surface area contributed by atoms with Gasteiger partial charge in [-0.25, -0.2) is 4.57 Å². The number of carbonyl (C=O) groups is 2. The molecule has 0 aliphatic rings. The Kier molecular flexibility index (Phi) is 48.3. The number of unbranched alkanes of at least 4 members (excludes halogenated alkanes) is 31. The molecule has 3 N–H and O–H groups in total. The second kappa shape index (κ2) is 49.7. The number of nitrogens with two attached hydrogens (primary N) is 1. The minimum Gasteiger partial charge on any atom is -0.462 e. The fourth-order valence-corrected chi connectivity index (χ4v) is 8.30. The van der Waals surface area contributed by atoms with Gasteiger partial charge in [0.2, 0.25) is 0 Å². The molecule has 0 radical (unpaired) electrons. The molecular weight excluding hydrogens is 810 g/mol. The van der Waals surface area contributed by atoms with Gasteiger partial charge in [0, 0.05) is 19.4 Å². The summed E-state index contributed by atoms with van der Waals surface area (Å²) in [6, 6.07) is 0. The van der Waals surface area contributed by atoms with Crippen LogP contribution >= 0.6 is 7.82 Å². The van der Waals surface area contributed by atoms with E-state index in [1.54, 1.807) is 0 Å². The van der Waals surface area contributed by atoms with Crippen LogP contribution in [0.1, 0.15) is 258 Å². The first kappa shape index (κ1) is 61.2. The summed E-state index contributed by atoms with van der Waals surface area (Å²) in [5.74, 6) is -0.871. The van der Waals surface area contributed by atoms with E-state index in [2.05, 4.69) is 50.3 Å². The van der Waals surface area contributed by atoms with Gasteiger partial charge >= 0.3 is 19.8 Å². The van der Waals surface area contributed by atoms with Crippen LogP contribution in [-0.2, 0) is 32.7 Å². The molecule has 0 rings (SSSR count). The Bertz CT molecular complexity index is 1130. The Labute approximate surface area is 388 Å². The SMILES string of the molecule is CCCCCCCC/C=C/CCCCCCCCCCCC(=O)OC[C@H](COP(=O)(O)OCCN)OC(=O)CCC/C=C/CC/C=C/CCCCCCCCCCCCCCCC. The molecule has 0 aromatic rings. The van der Waals surface area contributed by atoms with E-state index < -0.39 is 32.5 Å². The van der Waals surface area contributed by atoms with Gasteiger partial charge in [-0.05, 0) is 70.6 Å². The quantitative estimate of drug-likeness (QED) is 0.0265. The van der Waals surface area contributed by atoms with Crippen LogP contribution in [-0.4, -0.2) is 49.3 Å². The van der Waals surface area contributed by atoms with Crippen LogP contribution in [0.4, 0.5) is 0 Å². The molecule has 0 heterocycles. The molecule has 370 valence electrons. The Morgan fingerprint density at radius 2 is 0.810 bits per heavy atom. The zero-order chi connectivity index (χ0) is 46.0. The Balaban J connectivity index is 4.07. The number of hydrogen-bond acceptors (Lipinski definition) is 8. The van der Waals surface area contributed by atoms with E-state index in [4.69, 9.17) is 24.3 Å². The lowest BCUT2D eigenvalue weighted by Crippen LogP contribution is -2.29. The molecule has 0 saturated heterocycles. The zero-order valence-electron chi connectivity index (χ0n) is 41.1. The van der Waals surface area contributed by atoms with Gasteiger partial charge in [-0.1, -0.05) is 211 Å². The molecule has 10 heteroatoms. The first-order chi connectivity index (χ1) is 30.8. The average Bonchev–Trinajstić information content (AvgIpc) is 3.27. The summed E-state index contributed by atoms with van der Waals surface area (Å²) >= 11 is 0. The van der Waals surface area contributed by atoms with E-state index >= 15 is 0 Å². The van der Waals surface area contributed by atoms with Crippen molar-refractivity contribution in [3.63, 3.8) is 0 Å². The maximum atomic E-state index is 12.6. The lowest BCUT2D eigenvalue weighted by Gasteiger charge is -2.19. The first-order valence-corrected chi connectivity index (χ1v) is 28.0. The highest BCUT2D eigenvalue weighted by atomic mass is 31.2. The Morgan fingerprint density at radius 1 is 0.460 bits per heavy atom. The van der Waals surface area contributed by atoms with Crippen molar-refractivity contribution in [3.8, 4) is 0 Å². The molecule has 1 unspecified atom stereocenters. The van der Waals surface area contributed by atoms with Crippen LogP contribution in [0.25, 0.3) is 0 Å². The summed E-state index contributed by atoms with van der Waals surface area (Å²) in [7, 11) is -4.39. The number of carbonyl (C=O) groups excluding carboxylic acids is 2. The maximum absolute atomic E-state index is 12.6. The van der Waals surface area contributed by atoms with Crippen LogP contribution in [0.5, 0.6) is 0 Å². The van der Waals surface area contributed by atoms with Gasteiger partial charge in [0.15, 0.2) is 6.10 Å². The second-order valence-corrected chi connectivity index (χ2v) is 19.2. The van der Waals surface area contributed by atoms with Crippen molar-refractivity contribution in [3.05, 3.63) is 36.5 Å². The molecule has 0 aromatic heterocycles. The normalized spacial score (nSPS) is 13.4. The Morgan fingerprint density at radius 3 is 1.22 bits per heavy atom. The molecule has 0 aliphatic heterocycles.